The third-order valence-corrected chi connectivity index (χ3v) is 7.43. The number of carbonyl (C=O) groups is 1. The lowest BCUT2D eigenvalue weighted by Gasteiger charge is -2.27. The molecular formula is C20H21N3O6S2. The molecule has 1 aliphatic rings. The molecule has 0 saturated carbocycles. The van der Waals surface area contributed by atoms with Crippen molar-refractivity contribution in [3.63, 3.8) is 0 Å². The van der Waals surface area contributed by atoms with E-state index >= 15 is 0 Å². The smallest absolute Gasteiger partial charge is 0.307 e. The number of morpholine rings is 1. The minimum atomic E-state index is -3.98. The van der Waals surface area contributed by atoms with Crippen LogP contribution in [0.15, 0.2) is 46.1 Å². The van der Waals surface area contributed by atoms with E-state index in [0.29, 0.717) is 42.4 Å². The summed E-state index contributed by atoms with van der Waals surface area (Å²) in [6, 6.07) is 9.06. The summed E-state index contributed by atoms with van der Waals surface area (Å²) < 4.78 is 41.3. The first-order valence-corrected chi connectivity index (χ1v) is 11.8. The number of fused-ring (bicyclic) bond motifs is 1. The number of aromatic nitrogens is 1. The number of amides is 1. The number of aryl methyl sites for hydroxylation is 1. The Morgan fingerprint density at radius 2 is 1.90 bits per heavy atom. The highest BCUT2D eigenvalue weighted by Gasteiger charge is 2.25. The maximum absolute atomic E-state index is 13.0. The topological polar surface area (TPSA) is 107 Å². The zero-order valence-electron chi connectivity index (χ0n) is 17.0. The SMILES string of the molecule is COc1ccc(S(=O)(=O)Nc2ccc3c(c2)sc(=O)n3C)cc1C(=O)N1CCOCC1. The summed E-state index contributed by atoms with van der Waals surface area (Å²) in [4.78, 5) is 26.2. The molecule has 0 aliphatic carbocycles. The highest BCUT2D eigenvalue weighted by molar-refractivity contribution is 7.92. The molecule has 0 unspecified atom stereocenters. The third kappa shape index (κ3) is 4.16. The van der Waals surface area contributed by atoms with Crippen LogP contribution >= 0.6 is 11.3 Å². The summed E-state index contributed by atoms with van der Waals surface area (Å²) in [6.45, 7) is 1.72. The summed E-state index contributed by atoms with van der Waals surface area (Å²) in [5.41, 5.74) is 1.22. The van der Waals surface area contributed by atoms with Crippen LogP contribution in [-0.2, 0) is 21.8 Å². The third-order valence-electron chi connectivity index (χ3n) is 5.05. The number of thiazole rings is 1. The first-order chi connectivity index (χ1) is 14.8. The lowest BCUT2D eigenvalue weighted by atomic mass is 10.1. The van der Waals surface area contributed by atoms with E-state index in [1.165, 1.54) is 29.9 Å². The maximum atomic E-state index is 13.0. The quantitative estimate of drug-likeness (QED) is 0.619. The zero-order valence-corrected chi connectivity index (χ0v) is 18.6. The molecule has 1 N–H and O–H groups in total. The Hall–Kier alpha value is -2.89. The van der Waals surface area contributed by atoms with Gasteiger partial charge in [0.15, 0.2) is 0 Å². The van der Waals surface area contributed by atoms with Gasteiger partial charge in [0.1, 0.15) is 5.75 Å². The molecule has 31 heavy (non-hydrogen) atoms. The van der Waals surface area contributed by atoms with Crippen LogP contribution in [0.4, 0.5) is 5.69 Å². The van der Waals surface area contributed by atoms with Gasteiger partial charge in [-0.25, -0.2) is 8.42 Å². The van der Waals surface area contributed by atoms with Gasteiger partial charge in [0.2, 0.25) is 0 Å². The van der Waals surface area contributed by atoms with Crippen molar-refractivity contribution in [2.75, 3.05) is 38.1 Å². The van der Waals surface area contributed by atoms with Gasteiger partial charge in [-0.3, -0.25) is 14.3 Å². The minimum Gasteiger partial charge on any atom is -0.496 e. The highest BCUT2D eigenvalue weighted by Crippen LogP contribution is 2.27. The van der Waals surface area contributed by atoms with E-state index in [2.05, 4.69) is 4.72 Å². The van der Waals surface area contributed by atoms with Crippen LogP contribution in [0, 0.1) is 0 Å². The van der Waals surface area contributed by atoms with Crippen LogP contribution in [0.1, 0.15) is 10.4 Å². The average molecular weight is 464 g/mol. The Morgan fingerprint density at radius 1 is 1.16 bits per heavy atom. The molecule has 2 heterocycles. The highest BCUT2D eigenvalue weighted by atomic mass is 32.2. The second-order valence-corrected chi connectivity index (χ2v) is 9.66. The Bertz CT molecular complexity index is 1310. The van der Waals surface area contributed by atoms with Crippen LogP contribution in [0.5, 0.6) is 5.75 Å². The first kappa shape index (κ1) is 21.3. The zero-order chi connectivity index (χ0) is 22.2. The minimum absolute atomic E-state index is 0.0637. The van der Waals surface area contributed by atoms with Gasteiger partial charge in [-0.1, -0.05) is 11.3 Å². The molecule has 2 aromatic carbocycles. The van der Waals surface area contributed by atoms with Gasteiger partial charge < -0.3 is 18.9 Å². The van der Waals surface area contributed by atoms with E-state index < -0.39 is 10.0 Å². The first-order valence-electron chi connectivity index (χ1n) is 9.47. The molecule has 1 saturated heterocycles. The summed E-state index contributed by atoms with van der Waals surface area (Å²) in [5, 5.41) is 0. The molecule has 0 spiro atoms. The van der Waals surface area contributed by atoms with Gasteiger partial charge in [0.25, 0.3) is 15.9 Å². The number of ether oxygens (including phenoxy) is 2. The van der Waals surface area contributed by atoms with E-state index in [0.717, 1.165) is 16.9 Å². The van der Waals surface area contributed by atoms with Gasteiger partial charge in [0.05, 0.1) is 46.7 Å². The van der Waals surface area contributed by atoms with E-state index in [1.54, 1.807) is 30.1 Å². The van der Waals surface area contributed by atoms with Crippen LogP contribution in [0.25, 0.3) is 10.2 Å². The standard InChI is InChI=1S/C20H21N3O6S2/c1-22-16-5-3-13(11-18(16)30-20(22)25)21-31(26,27)14-4-6-17(28-2)15(12-14)19(24)23-7-9-29-10-8-23/h3-6,11-12,21H,7-10H2,1-2H3. The van der Waals surface area contributed by atoms with Crippen molar-refractivity contribution in [1.82, 2.24) is 9.47 Å². The number of rotatable bonds is 5. The predicted molar refractivity (Wildman–Crippen MR) is 118 cm³/mol. The number of anilines is 1. The average Bonchev–Trinajstić information content (AvgIpc) is 3.06. The molecule has 0 atom stereocenters. The molecule has 164 valence electrons. The number of hydrogen-bond donors (Lipinski definition) is 1. The van der Waals surface area contributed by atoms with Crippen molar-refractivity contribution in [3.05, 3.63) is 51.6 Å². The van der Waals surface area contributed by atoms with E-state index in [1.807, 2.05) is 0 Å². The van der Waals surface area contributed by atoms with Crippen LogP contribution < -0.4 is 14.3 Å². The van der Waals surface area contributed by atoms with E-state index in [9.17, 15) is 18.0 Å². The molecule has 9 nitrogen and oxygen atoms in total. The number of methoxy groups -OCH3 is 1. The van der Waals surface area contributed by atoms with Gasteiger partial charge >= 0.3 is 4.87 Å². The molecule has 11 heteroatoms. The maximum Gasteiger partial charge on any atom is 0.307 e. The van der Waals surface area contributed by atoms with Crippen molar-refractivity contribution < 1.29 is 22.7 Å². The summed E-state index contributed by atoms with van der Waals surface area (Å²) in [5.74, 6) is -0.0152. The summed E-state index contributed by atoms with van der Waals surface area (Å²) in [7, 11) is -0.887. The molecule has 0 radical (unpaired) electrons. The largest absolute Gasteiger partial charge is 0.496 e. The number of hydrogen-bond acceptors (Lipinski definition) is 7. The van der Waals surface area contributed by atoms with Crippen molar-refractivity contribution in [1.29, 1.82) is 0 Å². The van der Waals surface area contributed by atoms with Crippen molar-refractivity contribution in [2.24, 2.45) is 7.05 Å². The van der Waals surface area contributed by atoms with Gasteiger partial charge in [-0.05, 0) is 36.4 Å². The predicted octanol–water partition coefficient (Wildman–Crippen LogP) is 1.88. The van der Waals surface area contributed by atoms with Crippen molar-refractivity contribution >= 4 is 43.2 Å². The Labute approximate surface area is 182 Å². The van der Waals surface area contributed by atoms with E-state index in [4.69, 9.17) is 9.47 Å². The lowest BCUT2D eigenvalue weighted by molar-refractivity contribution is 0.0300. The van der Waals surface area contributed by atoms with Crippen LogP contribution in [-0.4, -0.2) is 57.2 Å². The monoisotopic (exact) mass is 463 g/mol. The lowest BCUT2D eigenvalue weighted by Crippen LogP contribution is -2.40. The molecule has 1 aliphatic heterocycles. The molecule has 4 rings (SSSR count). The number of sulfonamides is 1. The molecule has 1 fully saturated rings. The molecule has 1 aromatic heterocycles. The van der Waals surface area contributed by atoms with Gasteiger partial charge in [-0.2, -0.15) is 0 Å². The second kappa shape index (κ2) is 8.33. The van der Waals surface area contributed by atoms with E-state index in [-0.39, 0.29) is 21.2 Å². The number of carbonyl (C=O) groups excluding carboxylic acids is 1. The normalized spacial score (nSPS) is 14.6. The summed E-state index contributed by atoms with van der Waals surface area (Å²) >= 11 is 1.04. The Balaban J connectivity index is 1.66. The fourth-order valence-electron chi connectivity index (χ4n) is 3.37. The number of nitrogens with one attached hydrogen (secondary N) is 1. The Morgan fingerprint density at radius 3 is 2.61 bits per heavy atom. The number of nitrogens with zero attached hydrogens (tertiary/aromatic N) is 2. The summed E-state index contributed by atoms with van der Waals surface area (Å²) in [6.07, 6.45) is 0. The van der Waals surface area contributed by atoms with Gasteiger partial charge in [0, 0.05) is 20.1 Å². The van der Waals surface area contributed by atoms with Crippen molar-refractivity contribution in [2.45, 2.75) is 4.90 Å². The van der Waals surface area contributed by atoms with Gasteiger partial charge in [-0.15, -0.1) is 0 Å². The molecule has 3 aromatic rings. The van der Waals surface area contributed by atoms with Crippen molar-refractivity contribution in [3.8, 4) is 5.75 Å². The fourth-order valence-corrected chi connectivity index (χ4v) is 5.36. The second-order valence-electron chi connectivity index (χ2n) is 6.98. The fraction of sp³-hybridized carbons (Fsp3) is 0.300. The number of benzene rings is 2. The van der Waals surface area contributed by atoms with Crippen LogP contribution in [0.2, 0.25) is 0 Å². The molecular weight excluding hydrogens is 442 g/mol. The molecule has 0 bridgehead atoms. The Kier molecular flexibility index (Phi) is 5.73. The van der Waals surface area contributed by atoms with Crippen LogP contribution in [0.3, 0.4) is 0 Å². The molecule has 1 amide bonds.